The van der Waals surface area contributed by atoms with Gasteiger partial charge in [-0.15, -0.1) is 0 Å². The number of methoxy groups -OCH3 is 1. The van der Waals surface area contributed by atoms with Crippen molar-refractivity contribution in [1.29, 1.82) is 0 Å². The van der Waals surface area contributed by atoms with E-state index >= 15 is 0 Å². The zero-order valence-corrected chi connectivity index (χ0v) is 43.1. The molecule has 18 heteroatoms. The Balaban J connectivity index is 1.16. The quantitative estimate of drug-likeness (QED) is 0.0707. The van der Waals surface area contributed by atoms with Crippen LogP contribution >= 0.6 is 0 Å². The van der Waals surface area contributed by atoms with Crippen molar-refractivity contribution in [3.63, 3.8) is 0 Å². The van der Waals surface area contributed by atoms with Crippen LogP contribution in [0.5, 0.6) is 0 Å². The highest BCUT2D eigenvalue weighted by Crippen LogP contribution is 2.32. The fraction of sp³-hybridized carbons (Fsp3) is 0.418. The first-order chi connectivity index (χ1) is 34.6. The van der Waals surface area contributed by atoms with Gasteiger partial charge >= 0.3 is 0 Å². The molecule has 73 heavy (non-hydrogen) atoms. The van der Waals surface area contributed by atoms with Crippen LogP contribution in [0.25, 0.3) is 0 Å². The molecule has 0 fully saturated rings. The number of hydrogen-bond donors (Lipinski definition) is 7. The summed E-state index contributed by atoms with van der Waals surface area (Å²) >= 11 is 0. The summed E-state index contributed by atoms with van der Waals surface area (Å²) in [7, 11) is 4.82. The molecule has 18 nitrogen and oxygen atoms in total. The van der Waals surface area contributed by atoms with Crippen molar-refractivity contribution in [2.75, 3.05) is 51.5 Å². The van der Waals surface area contributed by atoms with Crippen LogP contribution in [-0.2, 0) is 59.4 Å². The number of carbonyl (C=O) groups excluding carboxylic acids is 8. The fourth-order valence-corrected chi connectivity index (χ4v) is 9.07. The molecule has 6 rings (SSSR count). The number of aldehydes is 1. The maximum absolute atomic E-state index is 14.7. The van der Waals surface area contributed by atoms with E-state index in [1.165, 1.54) is 34.1 Å². The molecule has 388 valence electrons. The van der Waals surface area contributed by atoms with E-state index in [-0.39, 0.29) is 80.4 Å². The molecule has 0 saturated heterocycles. The number of ether oxygens (including phenoxy) is 1. The van der Waals surface area contributed by atoms with Gasteiger partial charge in [-0.2, -0.15) is 0 Å². The van der Waals surface area contributed by atoms with E-state index in [0.717, 1.165) is 28.5 Å². The van der Waals surface area contributed by atoms with Gasteiger partial charge in [0.1, 0.15) is 24.4 Å². The lowest BCUT2D eigenvalue weighted by Gasteiger charge is -2.41. The molecule has 0 aromatic heterocycles. The summed E-state index contributed by atoms with van der Waals surface area (Å²) < 4.78 is 5.47. The first-order valence-corrected chi connectivity index (χ1v) is 24.4. The minimum absolute atomic E-state index is 0.00626. The minimum atomic E-state index is -0.974. The van der Waals surface area contributed by atoms with E-state index in [0.29, 0.717) is 16.9 Å². The summed E-state index contributed by atoms with van der Waals surface area (Å²) in [5.41, 5.74) is 4.04. The van der Waals surface area contributed by atoms with Gasteiger partial charge in [-0.3, -0.25) is 33.6 Å². The van der Waals surface area contributed by atoms with Gasteiger partial charge in [0.05, 0.1) is 31.8 Å². The SMILES string of the molecule is CNCC(=O)NC(C(=O)N1Cc2cc(NC(=O)c3ccc(C(=O)Nc4ccc5c(c4)CN(C(=O)[C@@H](NC(=O)CNC)C(C)(C)C)[C@H](C=O)C5)cc3)ccc2C[C@H]1C(=O)N[C@H](COC)c1ccccc1)C(C)(C)C. The Hall–Kier alpha value is -7.28. The molecular weight excluding hydrogens is 931 g/mol. The minimum Gasteiger partial charge on any atom is -0.382 e. The second-order valence-electron chi connectivity index (χ2n) is 20.7. The molecule has 7 amide bonds. The lowest BCUT2D eigenvalue weighted by atomic mass is 9.84. The van der Waals surface area contributed by atoms with Gasteiger partial charge in [0.25, 0.3) is 11.8 Å². The van der Waals surface area contributed by atoms with Gasteiger partial charge < -0.3 is 56.5 Å². The highest BCUT2D eigenvalue weighted by atomic mass is 16.5. The number of amides is 7. The Labute approximate surface area is 427 Å². The van der Waals surface area contributed by atoms with Crippen LogP contribution in [0.15, 0.2) is 91.0 Å². The van der Waals surface area contributed by atoms with Crippen LogP contribution in [0.4, 0.5) is 11.4 Å². The third-order valence-electron chi connectivity index (χ3n) is 13.0. The van der Waals surface area contributed by atoms with Crippen LogP contribution in [0.2, 0.25) is 0 Å². The molecule has 1 unspecified atom stereocenters. The number of nitrogens with one attached hydrogen (secondary N) is 7. The Morgan fingerprint density at radius 3 is 1.53 bits per heavy atom. The third-order valence-corrected chi connectivity index (χ3v) is 13.0. The molecule has 0 bridgehead atoms. The summed E-state index contributed by atoms with van der Waals surface area (Å²) in [6, 6.07) is 22.1. The van der Waals surface area contributed by atoms with E-state index < -0.39 is 58.8 Å². The van der Waals surface area contributed by atoms with Gasteiger partial charge in [-0.1, -0.05) is 84.0 Å². The van der Waals surface area contributed by atoms with E-state index in [4.69, 9.17) is 4.74 Å². The van der Waals surface area contributed by atoms with Crippen LogP contribution in [0.1, 0.15) is 96.1 Å². The molecule has 5 atom stereocenters. The number of rotatable bonds is 18. The molecule has 0 radical (unpaired) electrons. The Morgan fingerprint density at radius 1 is 0.616 bits per heavy atom. The number of fused-ring (bicyclic) bond motifs is 2. The van der Waals surface area contributed by atoms with Crippen molar-refractivity contribution in [3.8, 4) is 0 Å². The molecule has 4 aromatic rings. The normalized spacial score (nSPS) is 16.6. The van der Waals surface area contributed by atoms with Crippen LogP contribution < -0.4 is 37.2 Å². The molecule has 2 heterocycles. The maximum atomic E-state index is 14.7. The molecule has 0 aliphatic carbocycles. The van der Waals surface area contributed by atoms with Gasteiger partial charge in [-0.25, -0.2) is 0 Å². The van der Waals surface area contributed by atoms with E-state index in [1.54, 1.807) is 45.5 Å². The Bertz CT molecular complexity index is 2680. The number of carbonyl (C=O) groups is 8. The molecule has 4 aromatic carbocycles. The van der Waals surface area contributed by atoms with Gasteiger partial charge in [0, 0.05) is 55.5 Å². The van der Waals surface area contributed by atoms with Crippen molar-refractivity contribution >= 4 is 59.0 Å². The Morgan fingerprint density at radius 2 is 1.08 bits per heavy atom. The third kappa shape index (κ3) is 13.8. The molecule has 2 aliphatic rings. The first kappa shape index (κ1) is 55.0. The molecule has 7 N–H and O–H groups in total. The van der Waals surface area contributed by atoms with Gasteiger partial charge in [0.15, 0.2) is 0 Å². The summed E-state index contributed by atoms with van der Waals surface area (Å²) in [5, 5.41) is 20.2. The van der Waals surface area contributed by atoms with E-state index in [1.807, 2.05) is 84.0 Å². The lowest BCUT2D eigenvalue weighted by Crippen LogP contribution is -2.61. The predicted octanol–water partition coefficient (Wildman–Crippen LogP) is 3.90. The van der Waals surface area contributed by atoms with Gasteiger partial charge in [0.2, 0.25) is 29.5 Å². The molecule has 2 aliphatic heterocycles. The maximum Gasteiger partial charge on any atom is 0.255 e. The molecule has 0 saturated carbocycles. The average Bonchev–Trinajstić information content (AvgIpc) is 3.35. The van der Waals surface area contributed by atoms with Crippen molar-refractivity contribution < 1.29 is 43.1 Å². The molecule has 0 spiro atoms. The number of anilines is 2. The van der Waals surface area contributed by atoms with Crippen LogP contribution in [-0.4, -0.2) is 123 Å². The van der Waals surface area contributed by atoms with Crippen molar-refractivity contribution in [3.05, 3.63) is 130 Å². The summed E-state index contributed by atoms with van der Waals surface area (Å²) in [5.74, 6) is -2.80. The molecular formula is C55H69N9O9. The summed E-state index contributed by atoms with van der Waals surface area (Å²) in [4.78, 5) is 111. The number of likely N-dealkylation sites (N-methyl/N-ethyl adjacent to an activating group) is 2. The second-order valence-corrected chi connectivity index (χ2v) is 20.7. The number of benzene rings is 4. The fourth-order valence-electron chi connectivity index (χ4n) is 9.07. The zero-order valence-electron chi connectivity index (χ0n) is 43.1. The summed E-state index contributed by atoms with van der Waals surface area (Å²) in [6.07, 6.45) is 1.18. The highest BCUT2D eigenvalue weighted by molar-refractivity contribution is 6.07. The highest BCUT2D eigenvalue weighted by Gasteiger charge is 2.43. The van der Waals surface area contributed by atoms with Gasteiger partial charge in [-0.05, 0) is 101 Å². The first-order valence-electron chi connectivity index (χ1n) is 24.4. The lowest BCUT2D eigenvalue weighted by molar-refractivity contribution is -0.147. The number of hydrogen-bond acceptors (Lipinski definition) is 11. The zero-order chi connectivity index (χ0) is 53.2. The van der Waals surface area contributed by atoms with Crippen molar-refractivity contribution in [2.24, 2.45) is 10.8 Å². The van der Waals surface area contributed by atoms with Crippen LogP contribution in [0, 0.1) is 10.8 Å². The smallest absolute Gasteiger partial charge is 0.255 e. The average molecular weight is 1000 g/mol. The topological polar surface area (TPSA) is 236 Å². The number of nitrogens with zero attached hydrogens (tertiary/aromatic N) is 2. The monoisotopic (exact) mass is 1000 g/mol. The largest absolute Gasteiger partial charge is 0.382 e. The predicted molar refractivity (Wildman–Crippen MR) is 277 cm³/mol. The van der Waals surface area contributed by atoms with Crippen molar-refractivity contribution in [2.45, 2.75) is 97.7 Å². The van der Waals surface area contributed by atoms with E-state index in [2.05, 4.69) is 37.2 Å². The Kier molecular flexibility index (Phi) is 18.1. The standard InChI is InChI=1S/C55H69N9O9/c1-54(2,3)47(61-45(66)27-56-7)52(71)63-29-38-23-40(21-19-36(38)25-42(63)31-65)58-49(68)34-15-17-35(18-16-34)50(69)59-41-22-20-37-26-44(51(70)60-43(32-73-9)33-13-11-10-12-14-33)64(30-39(37)24-41)53(72)48(55(4,5)6)62-46(67)28-57-8/h10-24,31,42-44,47-48,56-57H,25-30,32H2,1-9H3,(H,58,68)(H,59,69)(H,60,70)(H,61,66)(H,62,67)/t42-,43+,44-,47+,48?/m0/s1. The van der Waals surface area contributed by atoms with Crippen LogP contribution in [0.3, 0.4) is 0 Å². The van der Waals surface area contributed by atoms with E-state index in [9.17, 15) is 38.4 Å². The van der Waals surface area contributed by atoms with Crippen molar-refractivity contribution in [1.82, 2.24) is 36.4 Å². The second kappa shape index (κ2) is 24.0. The summed E-state index contributed by atoms with van der Waals surface area (Å²) in [6.45, 7) is 11.4.